The average molecular weight is 343 g/mol. The Labute approximate surface area is 144 Å². The number of pyridine rings is 1. The largest absolute Gasteiger partial charge is 0.481 e. The molecule has 0 spiro atoms. The molecule has 1 aliphatic heterocycles. The van der Waals surface area contributed by atoms with E-state index in [1.54, 1.807) is 30.5 Å². The van der Waals surface area contributed by atoms with Crippen LogP contribution in [0.15, 0.2) is 42.6 Å². The normalized spacial score (nSPS) is 16.8. The summed E-state index contributed by atoms with van der Waals surface area (Å²) in [6.45, 7) is 0.413. The molecule has 1 aromatic carbocycles. The van der Waals surface area contributed by atoms with Gasteiger partial charge in [-0.05, 0) is 18.2 Å². The van der Waals surface area contributed by atoms with Crippen LogP contribution in [0.4, 0.5) is 10.1 Å². The number of hydrogen-bond donors (Lipinski definition) is 1. The summed E-state index contributed by atoms with van der Waals surface area (Å²) in [5.74, 6) is -1.06. The maximum absolute atomic E-state index is 13.9. The second kappa shape index (κ2) is 7.29. The summed E-state index contributed by atoms with van der Waals surface area (Å²) in [7, 11) is 1.51. The van der Waals surface area contributed by atoms with Crippen molar-refractivity contribution in [2.24, 2.45) is 5.92 Å². The van der Waals surface area contributed by atoms with Crippen LogP contribution in [0.25, 0.3) is 0 Å². The number of nitrogens with zero attached hydrogens (tertiary/aromatic N) is 2. The predicted octanol–water partition coefficient (Wildman–Crippen LogP) is 1.90. The summed E-state index contributed by atoms with van der Waals surface area (Å²) in [4.78, 5) is 29.9. The monoisotopic (exact) mass is 343 g/mol. The lowest BCUT2D eigenvalue weighted by Crippen LogP contribution is -2.33. The van der Waals surface area contributed by atoms with Gasteiger partial charge in [-0.25, -0.2) is 9.37 Å². The summed E-state index contributed by atoms with van der Waals surface area (Å²) in [6.07, 6.45) is 1.66. The Morgan fingerprint density at radius 3 is 2.92 bits per heavy atom. The Kier molecular flexibility index (Phi) is 4.92. The van der Waals surface area contributed by atoms with E-state index in [4.69, 9.17) is 4.74 Å². The highest BCUT2D eigenvalue weighted by Gasteiger charge is 2.36. The van der Waals surface area contributed by atoms with Crippen LogP contribution in [0.3, 0.4) is 0 Å². The number of benzene rings is 1. The van der Waals surface area contributed by atoms with Crippen molar-refractivity contribution in [3.8, 4) is 5.88 Å². The van der Waals surface area contributed by atoms with E-state index < -0.39 is 11.7 Å². The molecule has 7 heteroatoms. The molecule has 2 amide bonds. The molecule has 1 aliphatic rings. The minimum atomic E-state index is -0.519. The van der Waals surface area contributed by atoms with E-state index in [1.807, 2.05) is 0 Å². The molecular formula is C18H18FN3O3. The molecule has 1 saturated heterocycles. The number of rotatable bonds is 5. The van der Waals surface area contributed by atoms with Gasteiger partial charge >= 0.3 is 0 Å². The highest BCUT2D eigenvalue weighted by molar-refractivity contribution is 6.00. The molecule has 0 radical (unpaired) electrons. The van der Waals surface area contributed by atoms with Crippen LogP contribution < -0.4 is 15.0 Å². The number of carbonyl (C=O) groups excluding carboxylic acids is 2. The van der Waals surface area contributed by atoms with Crippen LogP contribution in [-0.2, 0) is 16.1 Å². The first kappa shape index (κ1) is 16.9. The van der Waals surface area contributed by atoms with Gasteiger partial charge in [-0.1, -0.05) is 18.2 Å². The summed E-state index contributed by atoms with van der Waals surface area (Å²) >= 11 is 0. The lowest BCUT2D eigenvalue weighted by molar-refractivity contribution is -0.126. The molecule has 1 fully saturated rings. The van der Waals surface area contributed by atoms with E-state index in [2.05, 4.69) is 10.3 Å². The third-order valence-electron chi connectivity index (χ3n) is 4.14. The highest BCUT2D eigenvalue weighted by Crippen LogP contribution is 2.27. The first-order valence-corrected chi connectivity index (χ1v) is 7.90. The number of hydrogen-bond acceptors (Lipinski definition) is 4. The van der Waals surface area contributed by atoms with Gasteiger partial charge in [0.15, 0.2) is 0 Å². The smallest absolute Gasteiger partial charge is 0.227 e. The van der Waals surface area contributed by atoms with Crippen molar-refractivity contribution < 1.29 is 18.7 Å². The predicted molar refractivity (Wildman–Crippen MR) is 89.5 cm³/mol. The zero-order valence-corrected chi connectivity index (χ0v) is 13.7. The molecule has 0 saturated carbocycles. The molecule has 3 rings (SSSR count). The van der Waals surface area contributed by atoms with Crippen LogP contribution in [0.1, 0.15) is 12.0 Å². The third kappa shape index (κ3) is 3.60. The van der Waals surface area contributed by atoms with Crippen molar-refractivity contribution in [2.75, 3.05) is 18.6 Å². The van der Waals surface area contributed by atoms with Gasteiger partial charge in [0.05, 0.1) is 18.7 Å². The first-order valence-electron chi connectivity index (χ1n) is 7.90. The zero-order valence-electron chi connectivity index (χ0n) is 13.7. The average Bonchev–Trinajstić information content (AvgIpc) is 3.02. The quantitative estimate of drug-likeness (QED) is 0.900. The number of ether oxygens (including phenoxy) is 1. The third-order valence-corrected chi connectivity index (χ3v) is 4.14. The van der Waals surface area contributed by atoms with Crippen molar-refractivity contribution in [1.82, 2.24) is 10.3 Å². The second-order valence-electron chi connectivity index (χ2n) is 5.75. The molecule has 130 valence electrons. The number of amides is 2. The fraction of sp³-hybridized carbons (Fsp3) is 0.278. The van der Waals surface area contributed by atoms with Gasteiger partial charge in [-0.2, -0.15) is 0 Å². The van der Waals surface area contributed by atoms with Crippen LogP contribution in [-0.4, -0.2) is 30.5 Å². The fourth-order valence-corrected chi connectivity index (χ4v) is 2.86. The van der Waals surface area contributed by atoms with Gasteiger partial charge in [0.25, 0.3) is 0 Å². The van der Waals surface area contributed by atoms with Gasteiger partial charge in [-0.3, -0.25) is 9.59 Å². The van der Waals surface area contributed by atoms with Crippen LogP contribution in [0, 0.1) is 11.7 Å². The van der Waals surface area contributed by atoms with E-state index in [1.165, 1.54) is 24.1 Å². The van der Waals surface area contributed by atoms with E-state index in [0.717, 1.165) is 5.56 Å². The van der Waals surface area contributed by atoms with E-state index in [-0.39, 0.29) is 37.0 Å². The maximum atomic E-state index is 13.9. The maximum Gasteiger partial charge on any atom is 0.227 e. The standard InChI is InChI=1S/C18H18FN3O3/c1-25-18-12(5-4-8-20-18)10-21-17(24)13-9-16(23)22(11-13)15-7-3-2-6-14(15)19/h2-8,13H,9-11H2,1H3,(H,21,24)/t13-/m0/s1. The summed E-state index contributed by atoms with van der Waals surface area (Å²) in [5, 5.41) is 2.79. The Morgan fingerprint density at radius 1 is 1.36 bits per heavy atom. The molecule has 0 unspecified atom stereocenters. The van der Waals surface area contributed by atoms with Gasteiger partial charge in [0, 0.05) is 31.3 Å². The topological polar surface area (TPSA) is 71.5 Å². The first-order chi connectivity index (χ1) is 12.1. The van der Waals surface area contributed by atoms with Crippen molar-refractivity contribution in [1.29, 1.82) is 0 Å². The number of methoxy groups -OCH3 is 1. The molecule has 2 aromatic rings. The van der Waals surface area contributed by atoms with Gasteiger partial charge < -0.3 is 15.0 Å². The van der Waals surface area contributed by atoms with Gasteiger partial charge in [0.2, 0.25) is 17.7 Å². The molecule has 1 aromatic heterocycles. The van der Waals surface area contributed by atoms with Crippen molar-refractivity contribution in [3.63, 3.8) is 0 Å². The number of nitrogens with one attached hydrogen (secondary N) is 1. The van der Waals surface area contributed by atoms with Crippen LogP contribution in [0.5, 0.6) is 5.88 Å². The lowest BCUT2D eigenvalue weighted by Gasteiger charge is -2.17. The Bertz CT molecular complexity index is 797. The molecule has 0 bridgehead atoms. The van der Waals surface area contributed by atoms with E-state index in [0.29, 0.717) is 5.88 Å². The van der Waals surface area contributed by atoms with Crippen molar-refractivity contribution in [2.45, 2.75) is 13.0 Å². The second-order valence-corrected chi connectivity index (χ2v) is 5.75. The van der Waals surface area contributed by atoms with Crippen LogP contribution >= 0.6 is 0 Å². The highest BCUT2D eigenvalue weighted by atomic mass is 19.1. The zero-order chi connectivity index (χ0) is 17.8. The van der Waals surface area contributed by atoms with E-state index in [9.17, 15) is 14.0 Å². The van der Waals surface area contributed by atoms with Gasteiger partial charge in [0.1, 0.15) is 5.82 Å². The molecule has 2 heterocycles. The molecule has 1 atom stereocenters. The Hall–Kier alpha value is -2.96. The minimum Gasteiger partial charge on any atom is -0.481 e. The molecule has 1 N–H and O–H groups in total. The Balaban J connectivity index is 1.64. The SMILES string of the molecule is COc1ncccc1CNC(=O)[C@H]1CC(=O)N(c2ccccc2F)C1. The fourth-order valence-electron chi connectivity index (χ4n) is 2.86. The van der Waals surface area contributed by atoms with Crippen LogP contribution in [0.2, 0.25) is 0 Å². The molecule has 0 aliphatic carbocycles. The van der Waals surface area contributed by atoms with Crippen molar-refractivity contribution >= 4 is 17.5 Å². The lowest BCUT2D eigenvalue weighted by atomic mass is 10.1. The van der Waals surface area contributed by atoms with Gasteiger partial charge in [-0.15, -0.1) is 0 Å². The number of para-hydroxylation sites is 1. The summed E-state index contributed by atoms with van der Waals surface area (Å²) < 4.78 is 19.0. The number of halogens is 1. The molecule has 25 heavy (non-hydrogen) atoms. The number of anilines is 1. The molecular weight excluding hydrogens is 325 g/mol. The Morgan fingerprint density at radius 2 is 2.16 bits per heavy atom. The minimum absolute atomic E-state index is 0.0599. The summed E-state index contributed by atoms with van der Waals surface area (Å²) in [6, 6.07) is 9.61. The molecule has 6 nitrogen and oxygen atoms in total. The number of carbonyl (C=O) groups is 2. The van der Waals surface area contributed by atoms with E-state index >= 15 is 0 Å². The summed E-state index contributed by atoms with van der Waals surface area (Å²) in [5.41, 5.74) is 0.949. The van der Waals surface area contributed by atoms with Crippen molar-refractivity contribution in [3.05, 3.63) is 54.0 Å². The number of aromatic nitrogens is 1.